The van der Waals surface area contributed by atoms with Crippen molar-refractivity contribution in [2.45, 2.75) is 6.92 Å². The summed E-state index contributed by atoms with van der Waals surface area (Å²) in [6, 6.07) is 7.20. The highest BCUT2D eigenvalue weighted by Crippen LogP contribution is 2.18. The first-order valence-corrected chi connectivity index (χ1v) is 7.65. The first kappa shape index (κ1) is 16.9. The maximum atomic E-state index is 12.0. The maximum Gasteiger partial charge on any atom is 0.317 e. The van der Waals surface area contributed by atoms with Gasteiger partial charge in [-0.05, 0) is 12.1 Å². The van der Waals surface area contributed by atoms with E-state index in [0.29, 0.717) is 45.1 Å². The number of methoxy groups -OCH3 is 1. The van der Waals surface area contributed by atoms with Crippen LogP contribution in [0, 0.1) is 0 Å². The quantitative estimate of drug-likeness (QED) is 0.820. The molecule has 1 N–H and O–H groups in total. The van der Waals surface area contributed by atoms with Crippen molar-refractivity contribution in [1.82, 2.24) is 15.1 Å². The van der Waals surface area contributed by atoms with E-state index in [9.17, 15) is 9.59 Å². The van der Waals surface area contributed by atoms with Crippen LogP contribution >= 0.6 is 0 Å². The lowest BCUT2D eigenvalue weighted by Gasteiger charge is -2.34. The van der Waals surface area contributed by atoms with Gasteiger partial charge in [0.05, 0.1) is 13.7 Å². The number of carbonyl (C=O) groups excluding carboxylic acids is 2. The van der Waals surface area contributed by atoms with Crippen molar-refractivity contribution in [2.24, 2.45) is 0 Å². The number of nitrogens with one attached hydrogen (secondary N) is 1. The van der Waals surface area contributed by atoms with Crippen molar-refractivity contribution in [1.29, 1.82) is 0 Å². The molecular weight excluding hydrogens is 298 g/mol. The predicted molar refractivity (Wildman–Crippen MR) is 85.7 cm³/mol. The third kappa shape index (κ3) is 5.05. The Balaban J connectivity index is 1.66. The molecule has 1 aliphatic rings. The summed E-state index contributed by atoms with van der Waals surface area (Å²) in [6.45, 7) is 4.64. The van der Waals surface area contributed by atoms with Crippen LogP contribution in [-0.4, -0.2) is 68.2 Å². The van der Waals surface area contributed by atoms with E-state index < -0.39 is 0 Å². The van der Waals surface area contributed by atoms with Crippen LogP contribution in [0.2, 0.25) is 0 Å². The largest absolute Gasteiger partial charge is 0.497 e. The van der Waals surface area contributed by atoms with Crippen molar-refractivity contribution in [3.63, 3.8) is 0 Å². The molecule has 7 heteroatoms. The van der Waals surface area contributed by atoms with E-state index in [1.54, 1.807) is 29.9 Å². The molecular formula is C16H23N3O4. The minimum Gasteiger partial charge on any atom is -0.497 e. The van der Waals surface area contributed by atoms with Gasteiger partial charge in [0, 0.05) is 39.2 Å². The fourth-order valence-electron chi connectivity index (χ4n) is 2.35. The molecule has 1 saturated heterocycles. The molecule has 3 amide bonds. The second kappa shape index (κ2) is 8.26. The van der Waals surface area contributed by atoms with Gasteiger partial charge >= 0.3 is 6.03 Å². The lowest BCUT2D eigenvalue weighted by atomic mass is 10.3. The molecule has 1 fully saturated rings. The van der Waals surface area contributed by atoms with Crippen molar-refractivity contribution in [2.75, 3.05) is 46.4 Å². The Bertz CT molecular complexity index is 542. The second-order valence-corrected chi connectivity index (χ2v) is 5.25. The fourth-order valence-corrected chi connectivity index (χ4v) is 2.35. The lowest BCUT2D eigenvalue weighted by Crippen LogP contribution is -2.53. The average molecular weight is 321 g/mol. The monoisotopic (exact) mass is 321 g/mol. The second-order valence-electron chi connectivity index (χ2n) is 5.25. The first-order chi connectivity index (χ1) is 11.1. The Labute approximate surface area is 136 Å². The number of hydrogen-bond acceptors (Lipinski definition) is 4. The number of rotatable bonds is 5. The van der Waals surface area contributed by atoms with E-state index in [1.807, 2.05) is 18.2 Å². The predicted octanol–water partition coefficient (Wildman–Crippen LogP) is 0.948. The topological polar surface area (TPSA) is 71.1 Å². The van der Waals surface area contributed by atoms with Crippen molar-refractivity contribution >= 4 is 11.9 Å². The SMILES string of the molecule is COc1cccc(OCCNC(=O)N2CCN(C(C)=O)CC2)c1. The van der Waals surface area contributed by atoms with Crippen LogP contribution in [0.25, 0.3) is 0 Å². The standard InChI is InChI=1S/C16H23N3O4/c1-13(20)18-7-9-19(10-8-18)16(21)17-6-11-23-15-5-3-4-14(12-15)22-2/h3-5,12H,6-11H2,1-2H3,(H,17,21). The molecule has 1 aliphatic heterocycles. The molecule has 0 aromatic heterocycles. The number of amides is 3. The third-order valence-electron chi connectivity index (χ3n) is 3.70. The minimum atomic E-state index is -0.123. The molecule has 1 aromatic rings. The van der Waals surface area contributed by atoms with E-state index in [4.69, 9.17) is 9.47 Å². The summed E-state index contributed by atoms with van der Waals surface area (Å²) in [6.07, 6.45) is 0. The Hall–Kier alpha value is -2.44. The Kier molecular flexibility index (Phi) is 6.08. The van der Waals surface area contributed by atoms with Gasteiger partial charge in [0.25, 0.3) is 0 Å². The molecule has 0 saturated carbocycles. The average Bonchev–Trinajstić information content (AvgIpc) is 2.58. The Morgan fingerprint density at radius 3 is 2.43 bits per heavy atom. The number of piperazine rings is 1. The number of carbonyl (C=O) groups is 2. The zero-order valence-corrected chi connectivity index (χ0v) is 13.6. The Morgan fingerprint density at radius 2 is 1.78 bits per heavy atom. The molecule has 0 spiro atoms. The number of benzene rings is 1. The van der Waals surface area contributed by atoms with Crippen molar-refractivity contribution in [3.8, 4) is 11.5 Å². The van der Waals surface area contributed by atoms with E-state index in [0.717, 1.165) is 5.75 Å². The highest BCUT2D eigenvalue weighted by molar-refractivity contribution is 5.76. The summed E-state index contributed by atoms with van der Waals surface area (Å²) in [5, 5.41) is 2.82. The van der Waals surface area contributed by atoms with Crippen LogP contribution in [0.3, 0.4) is 0 Å². The summed E-state index contributed by atoms with van der Waals surface area (Å²) < 4.78 is 10.7. The van der Waals surface area contributed by atoms with Gasteiger partial charge in [0.2, 0.25) is 5.91 Å². The molecule has 0 radical (unpaired) electrons. The number of nitrogens with zero attached hydrogens (tertiary/aromatic N) is 2. The smallest absolute Gasteiger partial charge is 0.317 e. The minimum absolute atomic E-state index is 0.0525. The highest BCUT2D eigenvalue weighted by atomic mass is 16.5. The van der Waals surface area contributed by atoms with Gasteiger partial charge in [-0.2, -0.15) is 0 Å². The summed E-state index contributed by atoms with van der Waals surface area (Å²) in [5.41, 5.74) is 0. The van der Waals surface area contributed by atoms with E-state index in [1.165, 1.54) is 0 Å². The van der Waals surface area contributed by atoms with Crippen LogP contribution in [0.4, 0.5) is 4.79 Å². The van der Waals surface area contributed by atoms with Crippen LogP contribution in [0.15, 0.2) is 24.3 Å². The normalized spacial score (nSPS) is 14.3. The van der Waals surface area contributed by atoms with E-state index in [2.05, 4.69) is 5.32 Å². The zero-order valence-electron chi connectivity index (χ0n) is 13.6. The van der Waals surface area contributed by atoms with Gasteiger partial charge in [0.15, 0.2) is 0 Å². The van der Waals surface area contributed by atoms with Crippen molar-refractivity contribution in [3.05, 3.63) is 24.3 Å². The molecule has 0 aliphatic carbocycles. The zero-order chi connectivity index (χ0) is 16.7. The fraction of sp³-hybridized carbons (Fsp3) is 0.500. The Morgan fingerprint density at radius 1 is 1.13 bits per heavy atom. The van der Waals surface area contributed by atoms with Gasteiger partial charge in [-0.3, -0.25) is 4.79 Å². The molecule has 1 heterocycles. The lowest BCUT2D eigenvalue weighted by molar-refractivity contribution is -0.130. The van der Waals surface area contributed by atoms with Crippen LogP contribution in [0.1, 0.15) is 6.92 Å². The van der Waals surface area contributed by atoms with Crippen molar-refractivity contribution < 1.29 is 19.1 Å². The summed E-state index contributed by atoms with van der Waals surface area (Å²) in [7, 11) is 1.60. The third-order valence-corrected chi connectivity index (χ3v) is 3.70. The van der Waals surface area contributed by atoms with Gasteiger partial charge < -0.3 is 24.6 Å². The highest BCUT2D eigenvalue weighted by Gasteiger charge is 2.21. The van der Waals surface area contributed by atoms with Gasteiger partial charge in [-0.1, -0.05) is 6.07 Å². The molecule has 1 aromatic carbocycles. The van der Waals surface area contributed by atoms with Crippen LogP contribution < -0.4 is 14.8 Å². The van der Waals surface area contributed by atoms with Gasteiger partial charge in [-0.15, -0.1) is 0 Å². The molecule has 0 bridgehead atoms. The molecule has 0 atom stereocenters. The van der Waals surface area contributed by atoms with Gasteiger partial charge in [-0.25, -0.2) is 4.79 Å². The van der Waals surface area contributed by atoms with E-state index >= 15 is 0 Å². The molecule has 2 rings (SSSR count). The number of urea groups is 1. The molecule has 23 heavy (non-hydrogen) atoms. The van der Waals surface area contributed by atoms with E-state index in [-0.39, 0.29) is 11.9 Å². The summed E-state index contributed by atoms with van der Waals surface area (Å²) >= 11 is 0. The van der Waals surface area contributed by atoms with Crippen LogP contribution in [0.5, 0.6) is 11.5 Å². The number of hydrogen-bond donors (Lipinski definition) is 1. The molecule has 126 valence electrons. The summed E-state index contributed by atoms with van der Waals surface area (Å²) in [5.74, 6) is 1.49. The van der Waals surface area contributed by atoms with Crippen LogP contribution in [-0.2, 0) is 4.79 Å². The van der Waals surface area contributed by atoms with Gasteiger partial charge in [0.1, 0.15) is 18.1 Å². The molecule has 0 unspecified atom stereocenters. The maximum absolute atomic E-state index is 12.0. The summed E-state index contributed by atoms with van der Waals surface area (Å²) in [4.78, 5) is 26.7. The molecule has 7 nitrogen and oxygen atoms in total. The first-order valence-electron chi connectivity index (χ1n) is 7.65. The number of ether oxygens (including phenoxy) is 2.